The van der Waals surface area contributed by atoms with Crippen molar-refractivity contribution in [1.82, 2.24) is 14.3 Å². The molecule has 3 aromatic carbocycles. The SMILES string of the molecule is N#Cc1cc(S(=O)(=O)Nc2ncns2)ccc1OC(CCC12CCC(c3ccccc31)c1ccccc12)COCCN1CCOCC1. The van der Waals surface area contributed by atoms with Crippen molar-refractivity contribution in [2.24, 2.45) is 0 Å². The lowest BCUT2D eigenvalue weighted by Crippen LogP contribution is -2.41. The number of benzene rings is 3. The molecule has 4 aromatic rings. The molecule has 4 aliphatic rings. The number of anilines is 1. The Hall–Kier alpha value is -3.86. The highest BCUT2D eigenvalue weighted by Gasteiger charge is 2.47. The number of nitriles is 1. The molecule has 2 bridgehead atoms. The predicted molar refractivity (Wildman–Crippen MR) is 178 cm³/mol. The van der Waals surface area contributed by atoms with Crippen molar-refractivity contribution in [2.75, 3.05) is 50.8 Å². The lowest BCUT2D eigenvalue weighted by molar-refractivity contribution is 0.00355. The molecule has 1 aromatic heterocycles. The summed E-state index contributed by atoms with van der Waals surface area (Å²) in [7, 11) is -3.97. The van der Waals surface area contributed by atoms with Crippen molar-refractivity contribution in [2.45, 2.75) is 48.0 Å². The fourth-order valence-corrected chi connectivity index (χ4v) is 9.09. The summed E-state index contributed by atoms with van der Waals surface area (Å²) in [6, 6.07) is 24.2. The minimum absolute atomic E-state index is 0.0546. The third kappa shape index (κ3) is 6.51. The molecule has 0 amide bonds. The fraction of sp³-hybridized carbons (Fsp3) is 0.400. The van der Waals surface area contributed by atoms with Crippen molar-refractivity contribution >= 4 is 26.7 Å². The van der Waals surface area contributed by atoms with E-state index in [0.717, 1.165) is 63.6 Å². The van der Waals surface area contributed by atoms with E-state index in [9.17, 15) is 13.7 Å². The van der Waals surface area contributed by atoms with Gasteiger partial charge < -0.3 is 14.2 Å². The first kappa shape index (κ1) is 31.7. The number of hydrogen-bond donors (Lipinski definition) is 1. The van der Waals surface area contributed by atoms with E-state index in [0.29, 0.717) is 31.3 Å². The van der Waals surface area contributed by atoms with Gasteiger partial charge in [-0.3, -0.25) is 9.62 Å². The van der Waals surface area contributed by atoms with Crippen LogP contribution in [-0.2, 0) is 24.9 Å². The second-order valence-corrected chi connectivity index (χ2v) is 14.7. The highest BCUT2D eigenvalue weighted by atomic mass is 32.2. The summed E-state index contributed by atoms with van der Waals surface area (Å²) in [5.41, 5.74) is 5.64. The fourth-order valence-electron chi connectivity index (χ4n) is 7.41. The van der Waals surface area contributed by atoms with Gasteiger partial charge in [0.15, 0.2) is 0 Å². The van der Waals surface area contributed by atoms with Gasteiger partial charge in [-0.2, -0.15) is 9.64 Å². The van der Waals surface area contributed by atoms with Gasteiger partial charge in [-0.25, -0.2) is 13.4 Å². The number of aromatic nitrogens is 2. The van der Waals surface area contributed by atoms with E-state index in [1.54, 1.807) is 6.07 Å². The van der Waals surface area contributed by atoms with E-state index in [1.165, 1.54) is 40.7 Å². The standard InChI is InChI=1S/C35H37N5O5S2/c36-22-25-21-27(47(41,42)39-34-37-24-38-46-34)9-10-33(25)45-26(23-44-20-17-40-15-18-43-19-16-40)11-13-35-14-12-28(29-5-1-3-7-31(29)35)30-6-2-4-8-32(30)35/h1-10,21,24,26,28H,11-20,23H2,(H,37,38,39). The van der Waals surface area contributed by atoms with Gasteiger partial charge in [0.25, 0.3) is 10.0 Å². The zero-order valence-corrected chi connectivity index (χ0v) is 27.6. The van der Waals surface area contributed by atoms with Crippen LogP contribution in [0.1, 0.15) is 59.4 Å². The van der Waals surface area contributed by atoms with Gasteiger partial charge in [0, 0.05) is 42.5 Å². The molecule has 2 heterocycles. The molecule has 1 N–H and O–H groups in total. The van der Waals surface area contributed by atoms with Crippen molar-refractivity contribution in [3.8, 4) is 11.8 Å². The molecule has 1 saturated heterocycles. The summed E-state index contributed by atoms with van der Waals surface area (Å²) in [4.78, 5) is 6.17. The molecule has 1 unspecified atom stereocenters. The largest absolute Gasteiger partial charge is 0.487 e. The number of rotatable bonds is 13. The molecule has 8 rings (SSSR count). The van der Waals surface area contributed by atoms with E-state index in [4.69, 9.17) is 14.2 Å². The molecule has 1 aliphatic heterocycles. The van der Waals surface area contributed by atoms with Crippen LogP contribution in [0.4, 0.5) is 5.13 Å². The Morgan fingerprint density at radius 1 is 1.09 bits per heavy atom. The highest BCUT2D eigenvalue weighted by molar-refractivity contribution is 7.93. The van der Waals surface area contributed by atoms with E-state index in [1.807, 2.05) is 0 Å². The Morgan fingerprint density at radius 2 is 1.83 bits per heavy atom. The predicted octanol–water partition coefficient (Wildman–Crippen LogP) is 5.31. The minimum Gasteiger partial charge on any atom is -0.487 e. The van der Waals surface area contributed by atoms with E-state index in [2.05, 4.69) is 73.6 Å². The molecule has 0 saturated carbocycles. The summed E-state index contributed by atoms with van der Waals surface area (Å²) in [6.45, 7) is 4.95. The molecule has 1 fully saturated rings. The maximum absolute atomic E-state index is 13.0. The molecule has 0 spiro atoms. The second-order valence-electron chi connectivity index (χ2n) is 12.3. The molecular weight excluding hydrogens is 635 g/mol. The average Bonchev–Trinajstić information content (AvgIpc) is 3.62. The molecular formula is C35H37N5O5S2. The molecule has 244 valence electrons. The van der Waals surface area contributed by atoms with Gasteiger partial charge in [0.1, 0.15) is 24.3 Å². The Bertz CT molecular complexity index is 1810. The van der Waals surface area contributed by atoms with Crippen molar-refractivity contribution in [1.29, 1.82) is 5.26 Å². The van der Waals surface area contributed by atoms with Gasteiger partial charge >= 0.3 is 0 Å². The van der Waals surface area contributed by atoms with Crippen LogP contribution in [0.15, 0.2) is 78.0 Å². The minimum atomic E-state index is -3.97. The van der Waals surface area contributed by atoms with Gasteiger partial charge in [0.05, 0.1) is 36.9 Å². The summed E-state index contributed by atoms with van der Waals surface area (Å²) in [5.74, 6) is 0.754. The van der Waals surface area contributed by atoms with Gasteiger partial charge in [-0.15, -0.1) is 0 Å². The summed E-state index contributed by atoms with van der Waals surface area (Å²) in [5, 5.41) is 10.2. The number of hydrogen-bond acceptors (Lipinski definition) is 10. The molecule has 0 radical (unpaired) electrons. The van der Waals surface area contributed by atoms with Crippen LogP contribution in [0.25, 0.3) is 0 Å². The lowest BCUT2D eigenvalue weighted by Gasteiger charge is -2.50. The smallest absolute Gasteiger partial charge is 0.263 e. The van der Waals surface area contributed by atoms with E-state index in [-0.39, 0.29) is 27.1 Å². The van der Waals surface area contributed by atoms with E-state index >= 15 is 0 Å². The van der Waals surface area contributed by atoms with Crippen molar-refractivity contribution in [3.05, 3.63) is 101 Å². The Balaban J connectivity index is 1.13. The van der Waals surface area contributed by atoms with Crippen LogP contribution in [0.2, 0.25) is 0 Å². The Labute approximate surface area is 279 Å². The number of sulfonamides is 1. The van der Waals surface area contributed by atoms with Crippen LogP contribution in [0, 0.1) is 11.3 Å². The molecule has 3 aliphatic carbocycles. The first-order valence-electron chi connectivity index (χ1n) is 16.0. The third-order valence-corrected chi connectivity index (χ3v) is 11.7. The van der Waals surface area contributed by atoms with Gasteiger partial charge in [0.2, 0.25) is 5.13 Å². The van der Waals surface area contributed by atoms with Crippen molar-refractivity contribution < 1.29 is 22.6 Å². The third-order valence-electron chi connectivity index (χ3n) is 9.67. The number of morpholine rings is 1. The van der Waals surface area contributed by atoms with Crippen LogP contribution in [0.3, 0.4) is 0 Å². The normalized spacial score (nSPS) is 21.0. The first-order chi connectivity index (χ1) is 23.0. The average molecular weight is 672 g/mol. The Kier molecular flexibility index (Phi) is 9.25. The summed E-state index contributed by atoms with van der Waals surface area (Å²) >= 11 is 0.933. The lowest BCUT2D eigenvalue weighted by atomic mass is 9.54. The van der Waals surface area contributed by atoms with Crippen LogP contribution in [-0.4, -0.2) is 74.8 Å². The molecule has 10 nitrogen and oxygen atoms in total. The maximum atomic E-state index is 13.0. The van der Waals surface area contributed by atoms with Crippen LogP contribution in [0.5, 0.6) is 5.75 Å². The molecule has 1 atom stereocenters. The number of nitrogens with one attached hydrogen (secondary N) is 1. The highest BCUT2D eigenvalue weighted by Crippen LogP contribution is 2.58. The number of fused-ring (bicyclic) bond motifs is 1. The topological polar surface area (TPSA) is 127 Å². The maximum Gasteiger partial charge on any atom is 0.263 e. The second kappa shape index (κ2) is 13.7. The zero-order valence-electron chi connectivity index (χ0n) is 26.0. The van der Waals surface area contributed by atoms with E-state index < -0.39 is 10.0 Å². The van der Waals surface area contributed by atoms with Gasteiger partial charge in [-0.1, -0.05) is 48.5 Å². The summed E-state index contributed by atoms with van der Waals surface area (Å²) in [6.07, 6.45) is 4.63. The number of nitrogens with zero attached hydrogens (tertiary/aromatic N) is 4. The zero-order chi connectivity index (χ0) is 32.3. The monoisotopic (exact) mass is 671 g/mol. The number of ether oxygens (including phenoxy) is 3. The van der Waals surface area contributed by atoms with Crippen molar-refractivity contribution in [3.63, 3.8) is 0 Å². The first-order valence-corrected chi connectivity index (χ1v) is 18.3. The quantitative estimate of drug-likeness (QED) is 0.188. The van der Waals surface area contributed by atoms with Gasteiger partial charge in [-0.05, 0) is 66.1 Å². The van der Waals surface area contributed by atoms with Crippen LogP contribution < -0.4 is 9.46 Å². The molecule has 47 heavy (non-hydrogen) atoms. The summed E-state index contributed by atoms with van der Waals surface area (Å²) < 4.78 is 50.5. The Morgan fingerprint density at radius 3 is 2.53 bits per heavy atom. The van der Waals surface area contributed by atoms with Crippen LogP contribution >= 0.6 is 11.5 Å². The molecule has 12 heteroatoms.